The SMILES string of the molecule is CCCCCn1c(-c2ccc(Cl)cc2)cc(=O)n2cc(C3CCC(O)CC3)nc12. The Hall–Kier alpha value is -2.11. The summed E-state index contributed by atoms with van der Waals surface area (Å²) in [5.74, 6) is 1.01. The van der Waals surface area contributed by atoms with Gasteiger partial charge in [0, 0.05) is 29.7 Å². The Morgan fingerprint density at radius 3 is 2.55 bits per heavy atom. The molecule has 1 aliphatic rings. The molecule has 2 heterocycles. The van der Waals surface area contributed by atoms with Gasteiger partial charge in [0.15, 0.2) is 0 Å². The van der Waals surface area contributed by atoms with Crippen molar-refractivity contribution in [3.63, 3.8) is 0 Å². The van der Waals surface area contributed by atoms with Gasteiger partial charge in [-0.1, -0.05) is 43.5 Å². The number of aromatic nitrogens is 3. The molecule has 0 radical (unpaired) electrons. The normalized spacial score (nSPS) is 19.7. The lowest BCUT2D eigenvalue weighted by atomic mass is 9.86. The molecule has 5 nitrogen and oxygen atoms in total. The number of nitrogens with zero attached hydrogens (tertiary/aromatic N) is 3. The average molecular weight is 414 g/mol. The van der Waals surface area contributed by atoms with E-state index in [9.17, 15) is 9.90 Å². The summed E-state index contributed by atoms with van der Waals surface area (Å²) in [6.07, 6.45) is 8.44. The molecule has 0 spiro atoms. The van der Waals surface area contributed by atoms with Crippen LogP contribution in [0.2, 0.25) is 5.02 Å². The van der Waals surface area contributed by atoms with Crippen LogP contribution in [0.4, 0.5) is 0 Å². The van der Waals surface area contributed by atoms with Crippen molar-refractivity contribution < 1.29 is 5.11 Å². The Labute approximate surface area is 176 Å². The van der Waals surface area contributed by atoms with Crippen molar-refractivity contribution in [2.24, 2.45) is 0 Å². The van der Waals surface area contributed by atoms with Crippen molar-refractivity contribution in [2.75, 3.05) is 0 Å². The number of hydrogen-bond acceptors (Lipinski definition) is 3. The highest BCUT2D eigenvalue weighted by Crippen LogP contribution is 2.32. The van der Waals surface area contributed by atoms with E-state index in [0.29, 0.717) is 16.7 Å². The Kier molecular flexibility index (Phi) is 6.07. The van der Waals surface area contributed by atoms with Crippen LogP contribution in [0, 0.1) is 0 Å². The molecule has 3 aromatic rings. The number of aryl methyl sites for hydroxylation is 1. The van der Waals surface area contributed by atoms with Crippen LogP contribution in [0.25, 0.3) is 17.0 Å². The second kappa shape index (κ2) is 8.72. The molecule has 29 heavy (non-hydrogen) atoms. The van der Waals surface area contributed by atoms with Gasteiger partial charge < -0.3 is 9.67 Å². The van der Waals surface area contributed by atoms with Crippen molar-refractivity contribution in [1.29, 1.82) is 0 Å². The van der Waals surface area contributed by atoms with Gasteiger partial charge in [0.2, 0.25) is 5.78 Å². The van der Waals surface area contributed by atoms with Gasteiger partial charge in [-0.15, -0.1) is 0 Å². The van der Waals surface area contributed by atoms with E-state index < -0.39 is 0 Å². The quantitative estimate of drug-likeness (QED) is 0.577. The molecular formula is C23H28ClN3O2. The summed E-state index contributed by atoms with van der Waals surface area (Å²) in [5.41, 5.74) is 2.75. The zero-order valence-electron chi connectivity index (χ0n) is 16.9. The number of aliphatic hydroxyl groups is 1. The molecule has 6 heteroatoms. The molecule has 1 saturated carbocycles. The predicted molar refractivity (Wildman–Crippen MR) is 117 cm³/mol. The minimum Gasteiger partial charge on any atom is -0.393 e. The highest BCUT2D eigenvalue weighted by Gasteiger charge is 2.24. The maximum atomic E-state index is 12.9. The first-order valence-electron chi connectivity index (χ1n) is 10.6. The van der Waals surface area contributed by atoms with Crippen LogP contribution in [-0.2, 0) is 6.54 Å². The zero-order valence-corrected chi connectivity index (χ0v) is 17.6. The van der Waals surface area contributed by atoms with Crippen LogP contribution in [0.5, 0.6) is 0 Å². The summed E-state index contributed by atoms with van der Waals surface area (Å²) in [6.45, 7) is 3.00. The second-order valence-corrected chi connectivity index (χ2v) is 8.51. The number of benzene rings is 1. The molecule has 154 valence electrons. The minimum absolute atomic E-state index is 0.0636. The van der Waals surface area contributed by atoms with Gasteiger partial charge in [-0.05, 0) is 49.8 Å². The fraction of sp³-hybridized carbons (Fsp3) is 0.478. The van der Waals surface area contributed by atoms with Crippen LogP contribution in [-0.4, -0.2) is 25.2 Å². The molecule has 0 amide bonds. The molecule has 1 aliphatic carbocycles. The number of aliphatic hydroxyl groups excluding tert-OH is 1. The standard InChI is InChI=1S/C23H28ClN3O2/c1-2-3-4-13-26-21(17-5-9-18(24)10-6-17)14-22(29)27-15-20(25-23(26)27)16-7-11-19(28)12-8-16/h5-6,9-10,14-16,19,28H,2-4,7-8,11-13H2,1H3. The van der Waals surface area contributed by atoms with E-state index in [1.807, 2.05) is 30.5 Å². The predicted octanol–water partition coefficient (Wildman–Crippen LogP) is 5.03. The first kappa shape index (κ1) is 20.2. The molecule has 0 bridgehead atoms. The lowest BCUT2D eigenvalue weighted by Gasteiger charge is -2.23. The van der Waals surface area contributed by atoms with Gasteiger partial charge in [0.25, 0.3) is 5.56 Å². The topological polar surface area (TPSA) is 59.5 Å². The summed E-state index contributed by atoms with van der Waals surface area (Å²) < 4.78 is 3.85. The fourth-order valence-electron chi connectivity index (χ4n) is 4.28. The van der Waals surface area contributed by atoms with Crippen molar-refractivity contribution >= 4 is 17.4 Å². The Morgan fingerprint density at radius 2 is 1.86 bits per heavy atom. The smallest absolute Gasteiger partial charge is 0.259 e. The molecule has 0 unspecified atom stereocenters. The Morgan fingerprint density at radius 1 is 1.14 bits per heavy atom. The third-order valence-corrected chi connectivity index (χ3v) is 6.23. The van der Waals surface area contributed by atoms with E-state index in [0.717, 1.165) is 68.4 Å². The van der Waals surface area contributed by atoms with E-state index in [1.165, 1.54) is 0 Å². The maximum Gasteiger partial charge on any atom is 0.259 e. The molecule has 1 fully saturated rings. The van der Waals surface area contributed by atoms with Crippen molar-refractivity contribution in [2.45, 2.75) is 70.4 Å². The number of unbranched alkanes of at least 4 members (excludes halogenated alkanes) is 2. The highest BCUT2D eigenvalue weighted by atomic mass is 35.5. The molecule has 2 aromatic heterocycles. The van der Waals surface area contributed by atoms with Crippen LogP contribution in [0.3, 0.4) is 0 Å². The maximum absolute atomic E-state index is 12.9. The Bertz CT molecular complexity index is 1030. The molecular weight excluding hydrogens is 386 g/mol. The third kappa shape index (κ3) is 4.26. The van der Waals surface area contributed by atoms with Crippen LogP contribution in [0.1, 0.15) is 63.5 Å². The van der Waals surface area contributed by atoms with E-state index in [2.05, 4.69) is 11.5 Å². The molecule has 1 aromatic carbocycles. The van der Waals surface area contributed by atoms with E-state index in [4.69, 9.17) is 16.6 Å². The van der Waals surface area contributed by atoms with Gasteiger partial charge in [0.05, 0.1) is 17.5 Å². The first-order chi connectivity index (χ1) is 14.1. The number of fused-ring (bicyclic) bond motifs is 1. The number of halogens is 1. The third-order valence-electron chi connectivity index (χ3n) is 5.98. The number of imidazole rings is 1. The van der Waals surface area contributed by atoms with E-state index in [1.54, 1.807) is 10.5 Å². The van der Waals surface area contributed by atoms with Gasteiger partial charge >= 0.3 is 0 Å². The van der Waals surface area contributed by atoms with Gasteiger partial charge in [-0.25, -0.2) is 4.98 Å². The summed E-state index contributed by atoms with van der Waals surface area (Å²) in [7, 11) is 0. The lowest BCUT2D eigenvalue weighted by Crippen LogP contribution is -2.18. The minimum atomic E-state index is -0.200. The largest absolute Gasteiger partial charge is 0.393 e. The van der Waals surface area contributed by atoms with Crippen LogP contribution < -0.4 is 5.56 Å². The van der Waals surface area contributed by atoms with Crippen LogP contribution in [0.15, 0.2) is 41.3 Å². The first-order valence-corrected chi connectivity index (χ1v) is 11.0. The van der Waals surface area contributed by atoms with E-state index in [-0.39, 0.29) is 11.7 Å². The molecule has 0 aliphatic heterocycles. The zero-order chi connectivity index (χ0) is 20.4. The summed E-state index contributed by atoms with van der Waals surface area (Å²) in [6, 6.07) is 9.32. The van der Waals surface area contributed by atoms with E-state index >= 15 is 0 Å². The van der Waals surface area contributed by atoms with Gasteiger partial charge in [-0.3, -0.25) is 9.20 Å². The average Bonchev–Trinajstić information content (AvgIpc) is 3.17. The van der Waals surface area contributed by atoms with Crippen molar-refractivity contribution in [1.82, 2.24) is 14.0 Å². The fourth-order valence-corrected chi connectivity index (χ4v) is 4.41. The van der Waals surface area contributed by atoms with Crippen molar-refractivity contribution in [3.8, 4) is 11.3 Å². The molecule has 1 N–H and O–H groups in total. The Balaban J connectivity index is 1.81. The van der Waals surface area contributed by atoms with Gasteiger partial charge in [-0.2, -0.15) is 0 Å². The summed E-state index contributed by atoms with van der Waals surface area (Å²) in [5, 5.41) is 10.5. The van der Waals surface area contributed by atoms with Crippen LogP contribution >= 0.6 is 11.6 Å². The second-order valence-electron chi connectivity index (χ2n) is 8.07. The summed E-state index contributed by atoms with van der Waals surface area (Å²) >= 11 is 6.06. The molecule has 0 atom stereocenters. The van der Waals surface area contributed by atoms with Gasteiger partial charge in [0.1, 0.15) is 0 Å². The van der Waals surface area contributed by atoms with Crippen molar-refractivity contribution in [3.05, 3.63) is 57.6 Å². The lowest BCUT2D eigenvalue weighted by molar-refractivity contribution is 0.122. The summed E-state index contributed by atoms with van der Waals surface area (Å²) in [4.78, 5) is 17.8. The number of hydrogen-bond donors (Lipinski definition) is 1. The molecule has 0 saturated heterocycles. The number of rotatable bonds is 6. The highest BCUT2D eigenvalue weighted by molar-refractivity contribution is 6.30. The monoisotopic (exact) mass is 413 g/mol. The molecule has 4 rings (SSSR count).